The van der Waals surface area contributed by atoms with E-state index >= 15 is 0 Å². The molecule has 3 nitrogen and oxygen atoms in total. The number of benzene rings is 1. The van der Waals surface area contributed by atoms with Crippen LogP contribution in [0.1, 0.15) is 36.2 Å². The van der Waals surface area contributed by atoms with Crippen molar-refractivity contribution in [2.45, 2.75) is 27.2 Å². The lowest BCUT2D eigenvalue weighted by Crippen LogP contribution is -2.22. The highest BCUT2D eigenvalue weighted by atomic mass is 16.2. The third kappa shape index (κ3) is 3.76. The molecule has 0 fully saturated rings. The summed E-state index contributed by atoms with van der Waals surface area (Å²) in [7, 11) is 3.54. The molecule has 0 saturated heterocycles. The Kier molecular flexibility index (Phi) is 5.20. The lowest BCUT2D eigenvalue weighted by molar-refractivity contribution is 0.0827. The van der Waals surface area contributed by atoms with Crippen molar-refractivity contribution in [2.75, 3.05) is 26.0 Å². The van der Waals surface area contributed by atoms with Crippen LogP contribution in [0.5, 0.6) is 0 Å². The van der Waals surface area contributed by atoms with Crippen LogP contribution in [0.25, 0.3) is 0 Å². The minimum atomic E-state index is 0.0431. The van der Waals surface area contributed by atoms with Crippen molar-refractivity contribution >= 4 is 11.6 Å². The van der Waals surface area contributed by atoms with Crippen molar-refractivity contribution in [1.82, 2.24) is 4.90 Å². The van der Waals surface area contributed by atoms with Gasteiger partial charge < -0.3 is 10.2 Å². The average Bonchev–Trinajstić information content (AvgIpc) is 2.36. The Morgan fingerprint density at radius 2 is 2.06 bits per heavy atom. The van der Waals surface area contributed by atoms with Gasteiger partial charge in [0, 0.05) is 31.9 Å². The largest absolute Gasteiger partial charge is 0.385 e. The van der Waals surface area contributed by atoms with Crippen LogP contribution in [-0.4, -0.2) is 31.4 Å². The van der Waals surface area contributed by atoms with Gasteiger partial charge in [-0.1, -0.05) is 26.3 Å². The van der Waals surface area contributed by atoms with E-state index in [1.165, 1.54) is 5.56 Å². The van der Waals surface area contributed by atoms with E-state index in [0.717, 1.165) is 24.2 Å². The number of rotatable bonds is 5. The smallest absolute Gasteiger partial charge is 0.253 e. The van der Waals surface area contributed by atoms with Gasteiger partial charge in [0.25, 0.3) is 5.91 Å². The Morgan fingerprint density at radius 1 is 1.39 bits per heavy atom. The van der Waals surface area contributed by atoms with Crippen LogP contribution in [0, 0.1) is 12.8 Å². The Morgan fingerprint density at radius 3 is 2.61 bits per heavy atom. The van der Waals surface area contributed by atoms with Crippen molar-refractivity contribution in [3.05, 3.63) is 29.3 Å². The van der Waals surface area contributed by atoms with Crippen LogP contribution in [-0.2, 0) is 0 Å². The molecule has 1 unspecified atom stereocenters. The predicted octanol–water partition coefficient (Wildman–Crippen LogP) is 3.15. The predicted molar refractivity (Wildman–Crippen MR) is 77.1 cm³/mol. The first-order chi connectivity index (χ1) is 8.45. The standard InChI is InChI=1S/C15H24N2O/c1-6-11(2)10-16-14-9-13(8-7-12(14)3)15(18)17(4)5/h7-9,11,16H,6,10H2,1-5H3. The maximum atomic E-state index is 11.9. The fourth-order valence-corrected chi connectivity index (χ4v) is 1.63. The number of hydrogen-bond acceptors (Lipinski definition) is 2. The highest BCUT2D eigenvalue weighted by Gasteiger charge is 2.10. The van der Waals surface area contributed by atoms with E-state index in [1.807, 2.05) is 18.2 Å². The first-order valence-corrected chi connectivity index (χ1v) is 6.51. The third-order valence-electron chi connectivity index (χ3n) is 3.23. The summed E-state index contributed by atoms with van der Waals surface area (Å²) < 4.78 is 0. The van der Waals surface area contributed by atoms with Crippen molar-refractivity contribution in [1.29, 1.82) is 0 Å². The van der Waals surface area contributed by atoms with Crippen LogP contribution in [0.2, 0.25) is 0 Å². The van der Waals surface area contributed by atoms with Gasteiger partial charge in [0.1, 0.15) is 0 Å². The quantitative estimate of drug-likeness (QED) is 0.868. The summed E-state index contributed by atoms with van der Waals surface area (Å²) >= 11 is 0. The second-order valence-corrected chi connectivity index (χ2v) is 5.12. The number of carbonyl (C=O) groups is 1. The van der Waals surface area contributed by atoms with Crippen molar-refractivity contribution in [3.8, 4) is 0 Å². The van der Waals surface area contributed by atoms with Crippen molar-refractivity contribution < 1.29 is 4.79 Å². The van der Waals surface area contributed by atoms with Crippen LogP contribution in [0.4, 0.5) is 5.69 Å². The van der Waals surface area contributed by atoms with Gasteiger partial charge in [0.05, 0.1) is 0 Å². The normalized spacial score (nSPS) is 12.1. The summed E-state index contributed by atoms with van der Waals surface area (Å²) in [6.45, 7) is 7.40. The molecule has 0 aliphatic heterocycles. The molecule has 0 radical (unpaired) electrons. The van der Waals surface area contributed by atoms with Crippen molar-refractivity contribution in [3.63, 3.8) is 0 Å². The molecule has 1 aromatic rings. The van der Waals surface area contributed by atoms with Crippen molar-refractivity contribution in [2.24, 2.45) is 5.92 Å². The monoisotopic (exact) mass is 248 g/mol. The molecule has 18 heavy (non-hydrogen) atoms. The minimum Gasteiger partial charge on any atom is -0.385 e. The second-order valence-electron chi connectivity index (χ2n) is 5.12. The molecule has 0 bridgehead atoms. The molecule has 0 spiro atoms. The first kappa shape index (κ1) is 14.6. The van der Waals surface area contributed by atoms with Gasteiger partial charge in [0.2, 0.25) is 0 Å². The molecule has 0 aliphatic carbocycles. The summed E-state index contributed by atoms with van der Waals surface area (Å²) in [4.78, 5) is 13.5. The van der Waals surface area contributed by atoms with Gasteiger partial charge in [-0.05, 0) is 30.5 Å². The molecule has 0 aromatic heterocycles. The Bertz CT molecular complexity index is 413. The first-order valence-electron chi connectivity index (χ1n) is 6.51. The van der Waals surface area contributed by atoms with Gasteiger partial charge in [-0.15, -0.1) is 0 Å². The molecule has 1 aromatic carbocycles. The fourth-order valence-electron chi connectivity index (χ4n) is 1.63. The molecular formula is C15H24N2O. The number of nitrogens with one attached hydrogen (secondary N) is 1. The fraction of sp³-hybridized carbons (Fsp3) is 0.533. The number of amides is 1. The topological polar surface area (TPSA) is 32.3 Å². The van der Waals surface area contributed by atoms with E-state index in [9.17, 15) is 4.79 Å². The highest BCUT2D eigenvalue weighted by Crippen LogP contribution is 2.18. The van der Waals surface area contributed by atoms with Gasteiger partial charge in [0.15, 0.2) is 0 Å². The van der Waals surface area contributed by atoms with Crippen LogP contribution in [0.3, 0.4) is 0 Å². The molecule has 3 heteroatoms. The van der Waals surface area contributed by atoms with E-state index in [4.69, 9.17) is 0 Å². The number of anilines is 1. The van der Waals surface area contributed by atoms with E-state index in [-0.39, 0.29) is 5.91 Å². The third-order valence-corrected chi connectivity index (χ3v) is 3.23. The molecule has 0 aliphatic rings. The molecule has 0 heterocycles. The SMILES string of the molecule is CCC(C)CNc1cc(C(=O)N(C)C)ccc1C. The molecule has 1 amide bonds. The number of hydrogen-bond donors (Lipinski definition) is 1. The summed E-state index contributed by atoms with van der Waals surface area (Å²) in [5.41, 5.74) is 2.97. The van der Waals surface area contributed by atoms with Gasteiger partial charge >= 0.3 is 0 Å². The second kappa shape index (κ2) is 6.43. The maximum absolute atomic E-state index is 11.9. The zero-order chi connectivity index (χ0) is 13.7. The molecule has 1 atom stereocenters. The van der Waals surface area contributed by atoms with Gasteiger partial charge in [-0.3, -0.25) is 4.79 Å². The molecule has 0 saturated carbocycles. The molecule has 100 valence electrons. The molecular weight excluding hydrogens is 224 g/mol. The lowest BCUT2D eigenvalue weighted by atomic mass is 10.1. The van der Waals surface area contributed by atoms with Gasteiger partial charge in [-0.2, -0.15) is 0 Å². The summed E-state index contributed by atoms with van der Waals surface area (Å²) in [5, 5.41) is 3.43. The highest BCUT2D eigenvalue weighted by molar-refractivity contribution is 5.95. The van der Waals surface area contributed by atoms with Gasteiger partial charge in [-0.25, -0.2) is 0 Å². The zero-order valence-corrected chi connectivity index (χ0v) is 12.1. The minimum absolute atomic E-state index is 0.0431. The van der Waals surface area contributed by atoms with E-state index < -0.39 is 0 Å². The summed E-state index contributed by atoms with van der Waals surface area (Å²) in [5.74, 6) is 0.680. The maximum Gasteiger partial charge on any atom is 0.253 e. The Balaban J connectivity index is 2.84. The lowest BCUT2D eigenvalue weighted by Gasteiger charge is -2.16. The number of aryl methyl sites for hydroxylation is 1. The summed E-state index contributed by atoms with van der Waals surface area (Å²) in [6.07, 6.45) is 1.16. The average molecular weight is 248 g/mol. The zero-order valence-electron chi connectivity index (χ0n) is 12.1. The Labute approximate surface area is 110 Å². The Hall–Kier alpha value is -1.51. The van der Waals surface area contributed by atoms with E-state index in [2.05, 4.69) is 26.1 Å². The van der Waals surface area contributed by atoms with E-state index in [0.29, 0.717) is 5.92 Å². The molecule has 1 N–H and O–H groups in total. The number of carbonyl (C=O) groups excluding carboxylic acids is 1. The van der Waals surface area contributed by atoms with Crippen LogP contribution >= 0.6 is 0 Å². The van der Waals surface area contributed by atoms with Crippen LogP contribution < -0.4 is 5.32 Å². The summed E-state index contributed by atoms with van der Waals surface area (Å²) in [6, 6.07) is 5.82. The van der Waals surface area contributed by atoms with E-state index in [1.54, 1.807) is 19.0 Å². The number of nitrogens with zero attached hydrogens (tertiary/aromatic N) is 1. The van der Waals surface area contributed by atoms with Crippen LogP contribution in [0.15, 0.2) is 18.2 Å². The molecule has 1 rings (SSSR count).